The Balaban J connectivity index is 2.04. The van der Waals surface area contributed by atoms with E-state index in [9.17, 15) is 19.8 Å². The molecule has 0 unspecified atom stereocenters. The first-order valence-corrected chi connectivity index (χ1v) is 15.2. The van der Waals surface area contributed by atoms with Crippen LogP contribution in [-0.4, -0.2) is 35.1 Å². The van der Waals surface area contributed by atoms with Gasteiger partial charge in [-0.25, -0.2) is 0 Å². The molecular formula is C32H55NO4. The van der Waals surface area contributed by atoms with E-state index < -0.39 is 12.0 Å². The molecule has 0 radical (unpaired) electrons. The van der Waals surface area contributed by atoms with Crippen molar-refractivity contribution in [3.63, 3.8) is 0 Å². The maximum Gasteiger partial charge on any atom is 0.321 e. The Labute approximate surface area is 226 Å². The number of Topliss-reactive ketones (excluding diaryl/α,β-unsaturated/α-hetero) is 1. The van der Waals surface area contributed by atoms with Crippen LogP contribution >= 0.6 is 0 Å². The standard InChI is InChI=1S/C32H55NO4/c1-3-4-5-6-7-8-9-10-11-12-13-14-15-16-17-18-19-20-21-22-31(35)29-26-28(34)24-23-27(29)25-30(33-2)32(36)37/h23-24,26,30,33-34H,3-22,25H2,1-2H3,(H,36,37)/t30-/m0/s1. The summed E-state index contributed by atoms with van der Waals surface area (Å²) in [4.78, 5) is 24.1. The Morgan fingerprint density at radius 2 is 1.16 bits per heavy atom. The largest absolute Gasteiger partial charge is 0.508 e. The van der Waals surface area contributed by atoms with Crippen LogP contribution in [0.4, 0.5) is 0 Å². The number of aromatic hydroxyl groups is 1. The average Bonchev–Trinajstić information content (AvgIpc) is 2.88. The zero-order chi connectivity index (χ0) is 27.1. The highest BCUT2D eigenvalue weighted by atomic mass is 16.4. The van der Waals surface area contributed by atoms with Crippen LogP contribution in [-0.2, 0) is 11.2 Å². The summed E-state index contributed by atoms with van der Waals surface area (Å²) in [6.45, 7) is 2.28. The highest BCUT2D eigenvalue weighted by molar-refractivity contribution is 5.98. The van der Waals surface area contributed by atoms with E-state index in [1.165, 1.54) is 115 Å². The number of carboxylic acid groups (broad SMARTS) is 1. The van der Waals surface area contributed by atoms with Gasteiger partial charge in [0.05, 0.1) is 0 Å². The smallest absolute Gasteiger partial charge is 0.321 e. The molecule has 1 aromatic rings. The van der Waals surface area contributed by atoms with Gasteiger partial charge in [-0.2, -0.15) is 0 Å². The number of aliphatic carboxylic acids is 1. The normalized spacial score (nSPS) is 12.1. The Morgan fingerprint density at radius 3 is 1.57 bits per heavy atom. The molecule has 0 aliphatic rings. The van der Waals surface area contributed by atoms with Gasteiger partial charge in [0.1, 0.15) is 11.8 Å². The summed E-state index contributed by atoms with van der Waals surface area (Å²) in [5, 5.41) is 21.9. The molecule has 5 heteroatoms. The maximum absolute atomic E-state index is 12.8. The van der Waals surface area contributed by atoms with E-state index in [4.69, 9.17) is 0 Å². The summed E-state index contributed by atoms with van der Waals surface area (Å²) in [7, 11) is 1.60. The number of unbranched alkanes of at least 4 members (excludes halogenated alkanes) is 18. The first-order chi connectivity index (χ1) is 18.0. The topological polar surface area (TPSA) is 86.6 Å². The number of hydrogen-bond donors (Lipinski definition) is 3. The van der Waals surface area contributed by atoms with Crippen molar-refractivity contribution in [2.24, 2.45) is 0 Å². The fourth-order valence-electron chi connectivity index (χ4n) is 5.03. The molecule has 212 valence electrons. The number of carbonyl (C=O) groups is 2. The molecule has 1 rings (SSSR count). The molecule has 0 spiro atoms. The van der Waals surface area contributed by atoms with Gasteiger partial charge in [0.15, 0.2) is 5.78 Å². The number of likely N-dealkylation sites (N-methyl/N-ethyl adjacent to an activating group) is 1. The van der Waals surface area contributed by atoms with Crippen LogP contribution in [0.25, 0.3) is 0 Å². The van der Waals surface area contributed by atoms with Gasteiger partial charge in [-0.15, -0.1) is 0 Å². The average molecular weight is 518 g/mol. The predicted octanol–water partition coefficient (Wildman–Crippen LogP) is 8.61. The van der Waals surface area contributed by atoms with Crippen molar-refractivity contribution in [3.05, 3.63) is 29.3 Å². The van der Waals surface area contributed by atoms with Crippen molar-refractivity contribution in [2.75, 3.05) is 7.05 Å². The van der Waals surface area contributed by atoms with Crippen LogP contribution < -0.4 is 5.32 Å². The summed E-state index contributed by atoms with van der Waals surface area (Å²) < 4.78 is 0. The van der Waals surface area contributed by atoms with Crippen LogP contribution in [0.1, 0.15) is 151 Å². The number of carboxylic acids is 1. The van der Waals surface area contributed by atoms with Crippen molar-refractivity contribution in [3.8, 4) is 5.75 Å². The summed E-state index contributed by atoms with van der Waals surface area (Å²) in [6, 6.07) is 3.89. The summed E-state index contributed by atoms with van der Waals surface area (Å²) >= 11 is 0. The fraction of sp³-hybridized carbons (Fsp3) is 0.750. The van der Waals surface area contributed by atoms with Crippen molar-refractivity contribution < 1.29 is 19.8 Å². The van der Waals surface area contributed by atoms with E-state index in [1.807, 2.05) is 0 Å². The van der Waals surface area contributed by atoms with Gasteiger partial charge < -0.3 is 15.5 Å². The Morgan fingerprint density at radius 1 is 0.730 bits per heavy atom. The van der Waals surface area contributed by atoms with Crippen LogP contribution in [0.5, 0.6) is 5.75 Å². The predicted molar refractivity (Wildman–Crippen MR) is 155 cm³/mol. The van der Waals surface area contributed by atoms with Crippen molar-refractivity contribution in [1.29, 1.82) is 0 Å². The third-order valence-electron chi connectivity index (χ3n) is 7.47. The highest BCUT2D eigenvalue weighted by Crippen LogP contribution is 2.21. The van der Waals surface area contributed by atoms with Crippen LogP contribution in [0.15, 0.2) is 18.2 Å². The number of phenolic OH excluding ortho intramolecular Hbond substituents is 1. The Bertz CT molecular complexity index is 733. The quantitative estimate of drug-likeness (QED) is 0.0892. The van der Waals surface area contributed by atoms with Crippen molar-refractivity contribution >= 4 is 11.8 Å². The Kier molecular flexibility index (Phi) is 19.8. The number of hydrogen-bond acceptors (Lipinski definition) is 4. The monoisotopic (exact) mass is 517 g/mol. The summed E-state index contributed by atoms with van der Waals surface area (Å²) in [6.07, 6.45) is 25.7. The summed E-state index contributed by atoms with van der Waals surface area (Å²) in [5.41, 5.74) is 1.12. The molecule has 0 saturated heterocycles. The number of benzene rings is 1. The molecule has 0 fully saturated rings. The molecule has 1 atom stereocenters. The number of carbonyl (C=O) groups excluding carboxylic acids is 1. The van der Waals surface area contributed by atoms with E-state index in [2.05, 4.69) is 12.2 Å². The van der Waals surface area contributed by atoms with E-state index >= 15 is 0 Å². The number of rotatable bonds is 25. The van der Waals surface area contributed by atoms with Crippen LogP contribution in [0.2, 0.25) is 0 Å². The first kappa shape index (κ1) is 33.1. The molecule has 3 N–H and O–H groups in total. The minimum Gasteiger partial charge on any atom is -0.508 e. The zero-order valence-corrected chi connectivity index (χ0v) is 23.9. The van der Waals surface area contributed by atoms with Gasteiger partial charge in [-0.05, 0) is 37.6 Å². The molecule has 0 heterocycles. The first-order valence-electron chi connectivity index (χ1n) is 15.2. The Hall–Kier alpha value is -1.88. The third kappa shape index (κ3) is 16.5. The number of phenols is 1. The van der Waals surface area contributed by atoms with Crippen LogP contribution in [0, 0.1) is 0 Å². The zero-order valence-electron chi connectivity index (χ0n) is 23.9. The minimum absolute atomic E-state index is 0.0156. The van der Waals surface area contributed by atoms with Gasteiger partial charge in [0, 0.05) is 12.0 Å². The van der Waals surface area contributed by atoms with E-state index in [0.29, 0.717) is 17.5 Å². The second-order valence-electron chi connectivity index (χ2n) is 10.8. The lowest BCUT2D eigenvalue weighted by Gasteiger charge is -2.14. The van der Waals surface area contributed by atoms with E-state index in [0.717, 1.165) is 19.3 Å². The van der Waals surface area contributed by atoms with Crippen LogP contribution in [0.3, 0.4) is 0 Å². The lowest BCUT2D eigenvalue weighted by atomic mass is 9.94. The van der Waals surface area contributed by atoms with Gasteiger partial charge >= 0.3 is 5.97 Å². The maximum atomic E-state index is 12.8. The lowest BCUT2D eigenvalue weighted by Crippen LogP contribution is -2.36. The molecule has 0 saturated carbocycles. The van der Waals surface area contributed by atoms with Gasteiger partial charge in [-0.3, -0.25) is 9.59 Å². The molecule has 1 aromatic carbocycles. The number of ketones is 1. The molecule has 0 aromatic heterocycles. The molecule has 37 heavy (non-hydrogen) atoms. The van der Waals surface area contributed by atoms with E-state index in [-0.39, 0.29) is 18.0 Å². The second-order valence-corrected chi connectivity index (χ2v) is 10.8. The molecule has 0 amide bonds. The summed E-state index contributed by atoms with van der Waals surface area (Å²) in [5.74, 6) is -0.928. The third-order valence-corrected chi connectivity index (χ3v) is 7.47. The van der Waals surface area contributed by atoms with E-state index in [1.54, 1.807) is 13.1 Å². The van der Waals surface area contributed by atoms with Gasteiger partial charge in [0.25, 0.3) is 0 Å². The second kappa shape index (κ2) is 22.1. The lowest BCUT2D eigenvalue weighted by molar-refractivity contribution is -0.139. The minimum atomic E-state index is -0.951. The molecule has 0 bridgehead atoms. The fourth-order valence-corrected chi connectivity index (χ4v) is 5.03. The van der Waals surface area contributed by atoms with Crippen molar-refractivity contribution in [2.45, 2.75) is 148 Å². The van der Waals surface area contributed by atoms with Gasteiger partial charge in [0.2, 0.25) is 0 Å². The van der Waals surface area contributed by atoms with Gasteiger partial charge in [-0.1, -0.05) is 129 Å². The molecule has 0 aliphatic heterocycles. The van der Waals surface area contributed by atoms with Crippen molar-refractivity contribution in [1.82, 2.24) is 5.32 Å². The molecule has 0 aliphatic carbocycles. The molecule has 5 nitrogen and oxygen atoms in total. The molecular weight excluding hydrogens is 462 g/mol. The highest BCUT2D eigenvalue weighted by Gasteiger charge is 2.20. The SMILES string of the molecule is CCCCCCCCCCCCCCCCCCCCCC(=O)c1cc(O)ccc1C[C@H](NC)C(=O)O. The number of nitrogens with one attached hydrogen (secondary N) is 1.